The first-order valence-electron chi connectivity index (χ1n) is 4.73. The van der Waals surface area contributed by atoms with E-state index in [1.165, 1.54) is 12.8 Å². The first-order chi connectivity index (χ1) is 5.93. The van der Waals surface area contributed by atoms with E-state index in [-0.39, 0.29) is 0 Å². The van der Waals surface area contributed by atoms with E-state index in [4.69, 9.17) is 9.47 Å². The van der Waals surface area contributed by atoms with Crippen LogP contribution in [0.4, 0.5) is 0 Å². The number of rotatable bonds is 4. The fraction of sp³-hybridized carbons (Fsp3) is 1.00. The van der Waals surface area contributed by atoms with E-state index in [0.29, 0.717) is 6.04 Å². The molecule has 0 aromatic heterocycles. The summed E-state index contributed by atoms with van der Waals surface area (Å²) < 4.78 is 10.3. The number of nitrogens with one attached hydrogen (secondary N) is 1. The van der Waals surface area contributed by atoms with Gasteiger partial charge >= 0.3 is 0 Å². The first kappa shape index (κ1) is 9.96. The zero-order valence-electron chi connectivity index (χ0n) is 7.84. The monoisotopic (exact) mass is 173 g/mol. The lowest BCUT2D eigenvalue weighted by Gasteiger charge is -2.14. The summed E-state index contributed by atoms with van der Waals surface area (Å²) in [6.45, 7) is 3.60. The Morgan fingerprint density at radius 3 is 3.17 bits per heavy atom. The Hall–Kier alpha value is -0.120. The molecule has 0 radical (unpaired) electrons. The lowest BCUT2D eigenvalue weighted by atomic mass is 10.1. The third-order valence-electron chi connectivity index (χ3n) is 2.19. The topological polar surface area (TPSA) is 30.5 Å². The van der Waals surface area contributed by atoms with Crippen LogP contribution < -0.4 is 5.32 Å². The molecule has 1 rings (SSSR count). The smallest absolute Gasteiger partial charge is 0.0587 e. The SMILES string of the molecule is COCCNC1CCCOCC1. The summed E-state index contributed by atoms with van der Waals surface area (Å²) in [5, 5.41) is 3.46. The molecule has 0 aliphatic carbocycles. The molecule has 72 valence electrons. The molecule has 1 unspecified atom stereocenters. The molecule has 1 atom stereocenters. The molecular formula is C9H19NO2. The van der Waals surface area contributed by atoms with Crippen LogP contribution in [0.1, 0.15) is 19.3 Å². The highest BCUT2D eigenvalue weighted by atomic mass is 16.5. The molecule has 1 aliphatic heterocycles. The van der Waals surface area contributed by atoms with Crippen molar-refractivity contribution in [2.24, 2.45) is 0 Å². The van der Waals surface area contributed by atoms with Crippen LogP contribution in [0.5, 0.6) is 0 Å². The minimum Gasteiger partial charge on any atom is -0.383 e. The highest BCUT2D eigenvalue weighted by molar-refractivity contribution is 4.68. The first-order valence-corrected chi connectivity index (χ1v) is 4.73. The normalized spacial score (nSPS) is 25.2. The zero-order chi connectivity index (χ0) is 8.65. The molecule has 0 aromatic carbocycles. The summed E-state index contributed by atoms with van der Waals surface area (Å²) in [7, 11) is 1.73. The molecule has 0 saturated carbocycles. The van der Waals surface area contributed by atoms with E-state index >= 15 is 0 Å². The Labute approximate surface area is 74.4 Å². The van der Waals surface area contributed by atoms with Gasteiger partial charge in [0, 0.05) is 32.9 Å². The maximum Gasteiger partial charge on any atom is 0.0587 e. The van der Waals surface area contributed by atoms with Gasteiger partial charge in [-0.05, 0) is 19.3 Å². The molecule has 0 amide bonds. The van der Waals surface area contributed by atoms with E-state index in [0.717, 1.165) is 32.8 Å². The molecule has 0 aromatic rings. The van der Waals surface area contributed by atoms with Gasteiger partial charge in [0.25, 0.3) is 0 Å². The quantitative estimate of drug-likeness (QED) is 0.638. The van der Waals surface area contributed by atoms with Crippen molar-refractivity contribution < 1.29 is 9.47 Å². The lowest BCUT2D eigenvalue weighted by molar-refractivity contribution is 0.142. The summed E-state index contributed by atoms with van der Waals surface area (Å²) >= 11 is 0. The summed E-state index contributed by atoms with van der Waals surface area (Å²) in [4.78, 5) is 0. The summed E-state index contributed by atoms with van der Waals surface area (Å²) in [5.74, 6) is 0. The molecule has 1 heterocycles. The molecule has 3 nitrogen and oxygen atoms in total. The largest absolute Gasteiger partial charge is 0.383 e. The maximum absolute atomic E-state index is 5.36. The summed E-state index contributed by atoms with van der Waals surface area (Å²) in [6.07, 6.45) is 3.57. The van der Waals surface area contributed by atoms with Crippen LogP contribution in [0.15, 0.2) is 0 Å². The molecule has 12 heavy (non-hydrogen) atoms. The lowest BCUT2D eigenvalue weighted by Crippen LogP contribution is -2.31. The fourth-order valence-electron chi connectivity index (χ4n) is 1.47. The van der Waals surface area contributed by atoms with E-state index in [1.807, 2.05) is 0 Å². The van der Waals surface area contributed by atoms with E-state index in [1.54, 1.807) is 7.11 Å². The average molecular weight is 173 g/mol. The van der Waals surface area contributed by atoms with Gasteiger partial charge in [-0.3, -0.25) is 0 Å². The Morgan fingerprint density at radius 1 is 1.42 bits per heavy atom. The molecule has 1 fully saturated rings. The van der Waals surface area contributed by atoms with Gasteiger partial charge in [0.1, 0.15) is 0 Å². The van der Waals surface area contributed by atoms with Crippen molar-refractivity contribution in [1.82, 2.24) is 5.32 Å². The van der Waals surface area contributed by atoms with E-state index < -0.39 is 0 Å². The second-order valence-electron chi connectivity index (χ2n) is 3.19. The van der Waals surface area contributed by atoms with Gasteiger partial charge in [-0.2, -0.15) is 0 Å². The second-order valence-corrected chi connectivity index (χ2v) is 3.19. The van der Waals surface area contributed by atoms with Crippen LogP contribution in [0.2, 0.25) is 0 Å². The molecule has 1 saturated heterocycles. The number of methoxy groups -OCH3 is 1. The van der Waals surface area contributed by atoms with Crippen molar-refractivity contribution in [2.45, 2.75) is 25.3 Å². The zero-order valence-corrected chi connectivity index (χ0v) is 7.84. The van der Waals surface area contributed by atoms with Crippen LogP contribution >= 0.6 is 0 Å². The van der Waals surface area contributed by atoms with E-state index in [9.17, 15) is 0 Å². The van der Waals surface area contributed by atoms with Crippen LogP contribution in [-0.2, 0) is 9.47 Å². The third kappa shape index (κ3) is 4.04. The van der Waals surface area contributed by atoms with Gasteiger partial charge in [0.15, 0.2) is 0 Å². The number of hydrogen-bond acceptors (Lipinski definition) is 3. The van der Waals surface area contributed by atoms with Crippen LogP contribution in [-0.4, -0.2) is 39.5 Å². The minimum absolute atomic E-state index is 0.641. The Balaban J connectivity index is 2.04. The Kier molecular flexibility index (Phi) is 5.32. The van der Waals surface area contributed by atoms with Gasteiger partial charge in [-0.25, -0.2) is 0 Å². The predicted molar refractivity (Wildman–Crippen MR) is 48.3 cm³/mol. The molecular weight excluding hydrogens is 154 g/mol. The molecule has 3 heteroatoms. The molecule has 1 aliphatic rings. The van der Waals surface area contributed by atoms with Crippen molar-refractivity contribution in [2.75, 3.05) is 33.5 Å². The van der Waals surface area contributed by atoms with Gasteiger partial charge in [0.2, 0.25) is 0 Å². The fourth-order valence-corrected chi connectivity index (χ4v) is 1.47. The predicted octanol–water partition coefficient (Wildman–Crippen LogP) is 0.791. The number of hydrogen-bond donors (Lipinski definition) is 1. The standard InChI is InChI=1S/C9H19NO2/c1-11-8-5-10-9-3-2-6-12-7-4-9/h9-10H,2-8H2,1H3. The van der Waals surface area contributed by atoms with Crippen molar-refractivity contribution in [1.29, 1.82) is 0 Å². The van der Waals surface area contributed by atoms with E-state index in [2.05, 4.69) is 5.32 Å². The second kappa shape index (κ2) is 6.40. The van der Waals surface area contributed by atoms with Crippen LogP contribution in [0.3, 0.4) is 0 Å². The van der Waals surface area contributed by atoms with Crippen molar-refractivity contribution >= 4 is 0 Å². The summed E-state index contributed by atoms with van der Waals surface area (Å²) in [5.41, 5.74) is 0. The Bertz CT molecular complexity index is 101. The van der Waals surface area contributed by atoms with Gasteiger partial charge in [-0.15, -0.1) is 0 Å². The minimum atomic E-state index is 0.641. The summed E-state index contributed by atoms with van der Waals surface area (Å²) in [6, 6.07) is 0.641. The maximum atomic E-state index is 5.36. The van der Waals surface area contributed by atoms with Crippen molar-refractivity contribution in [3.8, 4) is 0 Å². The molecule has 0 spiro atoms. The van der Waals surface area contributed by atoms with Gasteiger partial charge in [0.05, 0.1) is 6.61 Å². The number of ether oxygens (including phenoxy) is 2. The average Bonchev–Trinajstić information content (AvgIpc) is 2.33. The van der Waals surface area contributed by atoms with Crippen LogP contribution in [0.25, 0.3) is 0 Å². The highest BCUT2D eigenvalue weighted by Gasteiger charge is 2.10. The third-order valence-corrected chi connectivity index (χ3v) is 2.19. The van der Waals surface area contributed by atoms with Crippen molar-refractivity contribution in [3.63, 3.8) is 0 Å². The van der Waals surface area contributed by atoms with Gasteiger partial charge < -0.3 is 14.8 Å². The Morgan fingerprint density at radius 2 is 2.33 bits per heavy atom. The highest BCUT2D eigenvalue weighted by Crippen LogP contribution is 2.07. The molecule has 1 N–H and O–H groups in total. The van der Waals surface area contributed by atoms with Gasteiger partial charge in [-0.1, -0.05) is 0 Å². The molecule has 0 bridgehead atoms. The van der Waals surface area contributed by atoms with Crippen LogP contribution in [0, 0.1) is 0 Å². The van der Waals surface area contributed by atoms with Crippen molar-refractivity contribution in [3.05, 3.63) is 0 Å².